The molecule has 1 aliphatic rings. The van der Waals surface area contributed by atoms with Crippen molar-refractivity contribution in [1.82, 2.24) is 0 Å². The summed E-state index contributed by atoms with van der Waals surface area (Å²) in [6.45, 7) is 1.78. The third-order valence-electron chi connectivity index (χ3n) is 4.22. The molecule has 0 fully saturated rings. The minimum atomic E-state index is -3.96. The second-order valence-electron chi connectivity index (χ2n) is 5.75. The number of carbonyl (C=O) groups excluding carboxylic acids is 1. The molecule has 1 atom stereocenters. The van der Waals surface area contributed by atoms with Crippen molar-refractivity contribution < 1.29 is 18.3 Å². The van der Waals surface area contributed by atoms with Gasteiger partial charge in [-0.25, -0.2) is 8.42 Å². The zero-order valence-corrected chi connectivity index (χ0v) is 16.1. The maximum atomic E-state index is 13.2. The fourth-order valence-corrected chi connectivity index (χ4v) is 4.97. The summed E-state index contributed by atoms with van der Waals surface area (Å²) in [5.74, 6) is -0.305. The van der Waals surface area contributed by atoms with Crippen LogP contribution in [0.25, 0.3) is 0 Å². The first kappa shape index (κ1) is 17.8. The van der Waals surface area contributed by atoms with Gasteiger partial charge in [-0.05, 0) is 48.9 Å². The standard InChI is InChI=1S/C17H17BrN2O4S/c1-3-14-17(22)19(2)16-10-11(18)4-9-15(16)20(14)25(23,24)13-7-5-12(21)6-8-13/h4-10,14,21H,3H2,1-2H3/t14-/m0/s1. The topological polar surface area (TPSA) is 77.9 Å². The summed E-state index contributed by atoms with van der Waals surface area (Å²) in [5, 5.41) is 9.42. The van der Waals surface area contributed by atoms with Crippen LogP contribution >= 0.6 is 15.9 Å². The summed E-state index contributed by atoms with van der Waals surface area (Å²) in [7, 11) is -2.32. The number of phenols is 1. The van der Waals surface area contributed by atoms with Gasteiger partial charge >= 0.3 is 0 Å². The molecule has 1 amide bonds. The lowest BCUT2D eigenvalue weighted by Crippen LogP contribution is -2.54. The first-order valence-corrected chi connectivity index (χ1v) is 9.91. The molecule has 0 aromatic heterocycles. The molecule has 3 rings (SSSR count). The minimum absolute atomic E-state index is 0.0231. The molecule has 8 heteroatoms. The van der Waals surface area contributed by atoms with Crippen molar-refractivity contribution in [3.05, 3.63) is 46.9 Å². The van der Waals surface area contributed by atoms with Crippen LogP contribution in [0.4, 0.5) is 11.4 Å². The molecule has 0 spiro atoms. The second kappa shape index (κ2) is 6.34. The molecule has 1 N–H and O–H groups in total. The number of rotatable bonds is 3. The summed E-state index contributed by atoms with van der Waals surface area (Å²) in [6, 6.07) is 9.62. The number of hydrogen-bond acceptors (Lipinski definition) is 4. The zero-order valence-electron chi connectivity index (χ0n) is 13.7. The summed E-state index contributed by atoms with van der Waals surface area (Å²) >= 11 is 3.36. The van der Waals surface area contributed by atoms with Crippen LogP contribution in [0.3, 0.4) is 0 Å². The maximum Gasteiger partial charge on any atom is 0.265 e. The van der Waals surface area contributed by atoms with Gasteiger partial charge in [-0.1, -0.05) is 22.9 Å². The van der Waals surface area contributed by atoms with Crippen molar-refractivity contribution in [2.75, 3.05) is 16.3 Å². The lowest BCUT2D eigenvalue weighted by atomic mass is 10.1. The minimum Gasteiger partial charge on any atom is -0.508 e. The van der Waals surface area contributed by atoms with Gasteiger partial charge in [-0.2, -0.15) is 0 Å². The normalized spacial score (nSPS) is 17.6. The highest BCUT2D eigenvalue weighted by molar-refractivity contribution is 9.10. The summed E-state index contributed by atoms with van der Waals surface area (Å²) in [4.78, 5) is 14.2. The molecule has 2 aromatic rings. The number of phenolic OH excluding ortho intramolecular Hbond substituents is 1. The highest BCUT2D eigenvalue weighted by Gasteiger charge is 2.42. The van der Waals surface area contributed by atoms with E-state index in [2.05, 4.69) is 15.9 Å². The fourth-order valence-electron chi connectivity index (χ4n) is 2.93. The van der Waals surface area contributed by atoms with Crippen LogP contribution in [-0.2, 0) is 14.8 Å². The number of aromatic hydroxyl groups is 1. The van der Waals surface area contributed by atoms with E-state index in [9.17, 15) is 18.3 Å². The maximum absolute atomic E-state index is 13.2. The van der Waals surface area contributed by atoms with Crippen LogP contribution < -0.4 is 9.21 Å². The number of halogens is 1. The largest absolute Gasteiger partial charge is 0.508 e. The van der Waals surface area contributed by atoms with Gasteiger partial charge in [0, 0.05) is 11.5 Å². The van der Waals surface area contributed by atoms with Gasteiger partial charge in [-0.3, -0.25) is 9.10 Å². The third kappa shape index (κ3) is 2.89. The van der Waals surface area contributed by atoms with Crippen LogP contribution in [0.2, 0.25) is 0 Å². The van der Waals surface area contributed by atoms with E-state index in [1.54, 1.807) is 32.2 Å². The Kier molecular flexibility index (Phi) is 4.51. The molecule has 0 unspecified atom stereocenters. The van der Waals surface area contributed by atoms with E-state index in [4.69, 9.17) is 0 Å². The Bertz CT molecular complexity index is 928. The number of fused-ring (bicyclic) bond motifs is 1. The van der Waals surface area contributed by atoms with Crippen LogP contribution in [0.5, 0.6) is 5.75 Å². The molecular weight excluding hydrogens is 408 g/mol. The van der Waals surface area contributed by atoms with Crippen LogP contribution in [0.15, 0.2) is 51.8 Å². The Morgan fingerprint density at radius 2 is 1.76 bits per heavy atom. The highest BCUT2D eigenvalue weighted by Crippen LogP contribution is 2.41. The fraction of sp³-hybridized carbons (Fsp3) is 0.235. The Hall–Kier alpha value is -2.06. The number of anilines is 2. The quantitative estimate of drug-likeness (QED) is 0.820. The van der Waals surface area contributed by atoms with Gasteiger partial charge in [0.2, 0.25) is 0 Å². The molecule has 2 aromatic carbocycles. The Morgan fingerprint density at radius 3 is 2.36 bits per heavy atom. The van der Waals surface area contributed by atoms with Gasteiger partial charge in [-0.15, -0.1) is 0 Å². The molecule has 0 bridgehead atoms. The van der Waals surface area contributed by atoms with E-state index in [1.807, 2.05) is 0 Å². The summed E-state index contributed by atoms with van der Waals surface area (Å²) in [6.07, 6.45) is 0.343. The van der Waals surface area contributed by atoms with E-state index in [1.165, 1.54) is 33.5 Å². The number of sulfonamides is 1. The SMILES string of the molecule is CC[C@H]1C(=O)N(C)c2cc(Br)ccc2N1S(=O)(=O)c1ccc(O)cc1. The molecule has 0 radical (unpaired) electrons. The van der Waals surface area contributed by atoms with Crippen molar-refractivity contribution in [3.8, 4) is 5.75 Å². The average molecular weight is 425 g/mol. The average Bonchev–Trinajstić information content (AvgIpc) is 2.58. The van der Waals surface area contributed by atoms with Crippen molar-refractivity contribution in [2.24, 2.45) is 0 Å². The van der Waals surface area contributed by atoms with E-state index in [0.29, 0.717) is 17.8 Å². The van der Waals surface area contributed by atoms with Crippen molar-refractivity contribution in [3.63, 3.8) is 0 Å². The molecule has 6 nitrogen and oxygen atoms in total. The number of amides is 1. The lowest BCUT2D eigenvalue weighted by molar-refractivity contribution is -0.119. The predicted molar refractivity (Wildman–Crippen MR) is 99.4 cm³/mol. The number of benzene rings is 2. The zero-order chi connectivity index (χ0) is 18.4. The van der Waals surface area contributed by atoms with Crippen molar-refractivity contribution >= 4 is 43.2 Å². The number of nitrogens with zero attached hydrogens (tertiary/aromatic N) is 2. The van der Waals surface area contributed by atoms with Gasteiger partial charge in [0.1, 0.15) is 11.8 Å². The van der Waals surface area contributed by atoms with E-state index < -0.39 is 16.1 Å². The van der Waals surface area contributed by atoms with Gasteiger partial charge < -0.3 is 10.0 Å². The molecule has 25 heavy (non-hydrogen) atoms. The Balaban J connectivity index is 2.23. The number of likely N-dealkylation sites (N-methyl/N-ethyl adjacent to an activating group) is 1. The van der Waals surface area contributed by atoms with Crippen molar-refractivity contribution in [2.45, 2.75) is 24.3 Å². The number of carbonyl (C=O) groups is 1. The Labute approximate surface area is 154 Å². The molecule has 1 heterocycles. The predicted octanol–water partition coefficient (Wildman–Crippen LogP) is 3.11. The van der Waals surface area contributed by atoms with E-state index in [0.717, 1.165) is 4.47 Å². The summed E-state index contributed by atoms with van der Waals surface area (Å²) < 4.78 is 28.4. The molecular formula is C17H17BrN2O4S. The third-order valence-corrected chi connectivity index (χ3v) is 6.55. The highest BCUT2D eigenvalue weighted by atomic mass is 79.9. The van der Waals surface area contributed by atoms with Crippen LogP contribution in [0, 0.1) is 0 Å². The van der Waals surface area contributed by atoms with Crippen molar-refractivity contribution in [1.29, 1.82) is 0 Å². The number of hydrogen-bond donors (Lipinski definition) is 1. The van der Waals surface area contributed by atoms with Crippen LogP contribution in [0.1, 0.15) is 13.3 Å². The lowest BCUT2D eigenvalue weighted by Gasteiger charge is -2.40. The molecule has 0 aliphatic carbocycles. The van der Waals surface area contributed by atoms with Gasteiger partial charge in [0.15, 0.2) is 0 Å². The first-order chi connectivity index (χ1) is 11.8. The first-order valence-electron chi connectivity index (χ1n) is 7.68. The smallest absolute Gasteiger partial charge is 0.265 e. The van der Waals surface area contributed by atoms with Gasteiger partial charge in [0.05, 0.1) is 16.3 Å². The van der Waals surface area contributed by atoms with Crippen LogP contribution in [-0.4, -0.2) is 32.5 Å². The Morgan fingerprint density at radius 1 is 1.12 bits per heavy atom. The second-order valence-corrected chi connectivity index (χ2v) is 8.48. The molecule has 132 valence electrons. The van der Waals surface area contributed by atoms with E-state index >= 15 is 0 Å². The monoisotopic (exact) mass is 424 g/mol. The van der Waals surface area contributed by atoms with Gasteiger partial charge in [0.25, 0.3) is 15.9 Å². The molecule has 0 saturated heterocycles. The molecule has 1 aliphatic heterocycles. The van der Waals surface area contributed by atoms with E-state index in [-0.39, 0.29) is 16.6 Å². The molecule has 0 saturated carbocycles. The summed E-state index contributed by atoms with van der Waals surface area (Å²) in [5.41, 5.74) is 0.969.